The van der Waals surface area contributed by atoms with Gasteiger partial charge in [0.1, 0.15) is 5.82 Å². The fraction of sp³-hybridized carbons (Fsp3) is 0.500. The maximum atomic E-state index is 5.93. The Morgan fingerprint density at radius 3 is 2.55 bits per heavy atom. The van der Waals surface area contributed by atoms with Crippen molar-refractivity contribution in [1.29, 1.82) is 0 Å². The molecule has 2 rings (SSSR count). The van der Waals surface area contributed by atoms with Gasteiger partial charge in [-0.3, -0.25) is 0 Å². The molecule has 2 aromatic heterocycles. The zero-order valence-corrected chi connectivity index (χ0v) is 12.3. The molecule has 0 saturated carbocycles. The minimum Gasteiger partial charge on any atom is -0.337 e. The molecular weight excluding hydrogens is 252 g/mol. The number of aromatic nitrogens is 4. The molecule has 1 atom stereocenters. The Kier molecular flexibility index (Phi) is 4.68. The van der Waals surface area contributed by atoms with E-state index in [0.717, 1.165) is 24.2 Å². The lowest BCUT2D eigenvalue weighted by molar-refractivity contribution is 0.642. The number of hydrogen-bond donors (Lipinski definition) is 1. The van der Waals surface area contributed by atoms with E-state index in [0.29, 0.717) is 12.5 Å². The first kappa shape index (κ1) is 14.5. The molecule has 0 saturated heterocycles. The van der Waals surface area contributed by atoms with Gasteiger partial charge in [0.05, 0.1) is 6.54 Å². The molecule has 108 valence electrons. The number of nitrogens with two attached hydrogens (primary N) is 1. The van der Waals surface area contributed by atoms with Crippen molar-refractivity contribution in [2.24, 2.45) is 12.8 Å². The average molecular weight is 274 g/mol. The van der Waals surface area contributed by atoms with Gasteiger partial charge >= 0.3 is 0 Å². The number of nitrogens with zero attached hydrogens (tertiary/aromatic N) is 5. The van der Waals surface area contributed by atoms with Crippen LogP contribution in [0.15, 0.2) is 24.8 Å². The van der Waals surface area contributed by atoms with Crippen LogP contribution in [0.3, 0.4) is 0 Å². The van der Waals surface area contributed by atoms with E-state index in [1.807, 2.05) is 42.2 Å². The molecule has 6 heteroatoms. The molecule has 0 bridgehead atoms. The number of hydrogen-bond acceptors (Lipinski definition) is 5. The first-order valence-corrected chi connectivity index (χ1v) is 6.84. The first-order valence-electron chi connectivity index (χ1n) is 6.84. The van der Waals surface area contributed by atoms with E-state index in [9.17, 15) is 0 Å². The minimum atomic E-state index is 0.176. The van der Waals surface area contributed by atoms with Crippen molar-refractivity contribution in [2.45, 2.75) is 32.4 Å². The van der Waals surface area contributed by atoms with E-state index in [2.05, 4.69) is 21.9 Å². The van der Waals surface area contributed by atoms with Gasteiger partial charge in [-0.15, -0.1) is 0 Å². The summed E-state index contributed by atoms with van der Waals surface area (Å²) in [7, 11) is 3.94. The predicted octanol–water partition coefficient (Wildman–Crippen LogP) is 1.13. The molecule has 1 unspecified atom stereocenters. The molecule has 2 N–H and O–H groups in total. The molecule has 0 spiro atoms. The monoisotopic (exact) mass is 274 g/mol. The summed E-state index contributed by atoms with van der Waals surface area (Å²) >= 11 is 0. The van der Waals surface area contributed by atoms with Crippen LogP contribution in [0.25, 0.3) is 0 Å². The lowest BCUT2D eigenvalue weighted by Gasteiger charge is -2.17. The van der Waals surface area contributed by atoms with Gasteiger partial charge in [0.2, 0.25) is 5.95 Å². The second-order valence-electron chi connectivity index (χ2n) is 5.07. The zero-order valence-electron chi connectivity index (χ0n) is 12.3. The second-order valence-corrected chi connectivity index (χ2v) is 5.07. The molecule has 2 aromatic rings. The normalized spacial score (nSPS) is 12.4. The lowest BCUT2D eigenvalue weighted by atomic mass is 10.1. The van der Waals surface area contributed by atoms with Gasteiger partial charge in [0, 0.05) is 44.9 Å². The number of rotatable bonds is 6. The van der Waals surface area contributed by atoms with Gasteiger partial charge in [0.15, 0.2) is 0 Å². The van der Waals surface area contributed by atoms with Crippen molar-refractivity contribution in [2.75, 3.05) is 11.9 Å². The SMILES string of the molecule is CCC(N)Cc1cnc(N(C)Cc2nccn2C)nc1. The second kappa shape index (κ2) is 6.47. The molecule has 6 nitrogen and oxygen atoms in total. The Bertz CT molecular complexity index is 533. The maximum absolute atomic E-state index is 5.93. The highest BCUT2D eigenvalue weighted by Gasteiger charge is 2.09. The Balaban J connectivity index is 2.00. The van der Waals surface area contributed by atoms with Crippen LogP contribution in [0.1, 0.15) is 24.7 Å². The minimum absolute atomic E-state index is 0.176. The van der Waals surface area contributed by atoms with Gasteiger partial charge in [-0.1, -0.05) is 6.92 Å². The van der Waals surface area contributed by atoms with Crippen molar-refractivity contribution in [1.82, 2.24) is 19.5 Å². The van der Waals surface area contributed by atoms with Crippen LogP contribution in [0.2, 0.25) is 0 Å². The highest BCUT2D eigenvalue weighted by molar-refractivity contribution is 5.29. The summed E-state index contributed by atoms with van der Waals surface area (Å²) in [5, 5.41) is 0. The molecular formula is C14H22N6. The Morgan fingerprint density at radius 1 is 1.30 bits per heavy atom. The van der Waals surface area contributed by atoms with Gasteiger partial charge < -0.3 is 15.2 Å². The molecule has 0 aliphatic heterocycles. The number of imidazole rings is 1. The Hall–Kier alpha value is -1.95. The third-order valence-corrected chi connectivity index (χ3v) is 3.35. The largest absolute Gasteiger partial charge is 0.337 e. The predicted molar refractivity (Wildman–Crippen MR) is 79.3 cm³/mol. The van der Waals surface area contributed by atoms with Crippen LogP contribution in [-0.2, 0) is 20.0 Å². The van der Waals surface area contributed by atoms with Gasteiger partial charge in [-0.2, -0.15) is 0 Å². The highest BCUT2D eigenvalue weighted by Crippen LogP contribution is 2.10. The summed E-state index contributed by atoms with van der Waals surface area (Å²) < 4.78 is 1.99. The van der Waals surface area contributed by atoms with Crippen LogP contribution in [0, 0.1) is 0 Å². The van der Waals surface area contributed by atoms with Crippen LogP contribution in [0.5, 0.6) is 0 Å². The molecule has 20 heavy (non-hydrogen) atoms. The summed E-state index contributed by atoms with van der Waals surface area (Å²) in [4.78, 5) is 15.1. The van der Waals surface area contributed by atoms with E-state index in [1.165, 1.54) is 0 Å². The van der Waals surface area contributed by atoms with Crippen molar-refractivity contribution < 1.29 is 0 Å². The van der Waals surface area contributed by atoms with Crippen molar-refractivity contribution >= 4 is 5.95 Å². The van der Waals surface area contributed by atoms with Crippen molar-refractivity contribution in [3.05, 3.63) is 36.2 Å². The van der Waals surface area contributed by atoms with Crippen LogP contribution in [0.4, 0.5) is 5.95 Å². The molecule has 2 heterocycles. The van der Waals surface area contributed by atoms with Crippen LogP contribution >= 0.6 is 0 Å². The lowest BCUT2D eigenvalue weighted by Crippen LogP contribution is -2.23. The highest BCUT2D eigenvalue weighted by atomic mass is 15.2. The summed E-state index contributed by atoms with van der Waals surface area (Å²) in [6.07, 6.45) is 9.21. The third kappa shape index (κ3) is 3.54. The Morgan fingerprint density at radius 2 is 2.00 bits per heavy atom. The van der Waals surface area contributed by atoms with E-state index in [1.54, 1.807) is 6.20 Å². The van der Waals surface area contributed by atoms with Crippen LogP contribution in [-0.4, -0.2) is 32.6 Å². The zero-order chi connectivity index (χ0) is 14.5. The third-order valence-electron chi connectivity index (χ3n) is 3.35. The first-order chi connectivity index (χ1) is 9.60. The topological polar surface area (TPSA) is 72.9 Å². The number of anilines is 1. The van der Waals surface area contributed by atoms with Crippen molar-refractivity contribution in [3.63, 3.8) is 0 Å². The maximum Gasteiger partial charge on any atom is 0.225 e. The molecule has 0 aliphatic rings. The van der Waals surface area contributed by atoms with Gasteiger partial charge in [0.25, 0.3) is 0 Å². The number of aryl methyl sites for hydroxylation is 1. The van der Waals surface area contributed by atoms with E-state index < -0.39 is 0 Å². The molecule has 0 aromatic carbocycles. The van der Waals surface area contributed by atoms with Gasteiger partial charge in [-0.25, -0.2) is 15.0 Å². The molecule has 0 aliphatic carbocycles. The summed E-state index contributed by atoms with van der Waals surface area (Å²) in [5.74, 6) is 1.68. The molecule has 0 amide bonds. The van der Waals surface area contributed by atoms with E-state index in [-0.39, 0.29) is 6.04 Å². The molecule has 0 fully saturated rings. The van der Waals surface area contributed by atoms with Crippen LogP contribution < -0.4 is 10.6 Å². The van der Waals surface area contributed by atoms with E-state index >= 15 is 0 Å². The quantitative estimate of drug-likeness (QED) is 0.854. The van der Waals surface area contributed by atoms with E-state index in [4.69, 9.17) is 5.73 Å². The van der Waals surface area contributed by atoms with Gasteiger partial charge in [-0.05, 0) is 18.4 Å². The average Bonchev–Trinajstić information content (AvgIpc) is 2.85. The molecule has 0 radical (unpaired) electrons. The summed E-state index contributed by atoms with van der Waals surface area (Å²) in [5.41, 5.74) is 7.01. The van der Waals surface area contributed by atoms with Crippen molar-refractivity contribution in [3.8, 4) is 0 Å². The fourth-order valence-corrected chi connectivity index (χ4v) is 1.93. The summed E-state index contributed by atoms with van der Waals surface area (Å²) in [6.45, 7) is 2.76. The fourth-order valence-electron chi connectivity index (χ4n) is 1.93. The Labute approximate surface area is 119 Å². The smallest absolute Gasteiger partial charge is 0.225 e. The summed E-state index contributed by atoms with van der Waals surface area (Å²) in [6, 6.07) is 0.176. The standard InChI is InChI=1S/C14H22N6/c1-4-12(15)7-11-8-17-14(18-9-11)20(3)10-13-16-5-6-19(13)2/h5-6,8-9,12H,4,7,10,15H2,1-3H3.